The van der Waals surface area contributed by atoms with Gasteiger partial charge < -0.3 is 64.2 Å². The van der Waals surface area contributed by atoms with Crippen LogP contribution < -0.4 is 0 Å². The van der Waals surface area contributed by atoms with Gasteiger partial charge in [-0.05, 0) is 51.4 Å². The molecule has 0 aromatic rings. The van der Waals surface area contributed by atoms with Crippen molar-refractivity contribution in [2.45, 2.75) is 325 Å². The van der Waals surface area contributed by atoms with Gasteiger partial charge in [0.05, 0.1) is 19.8 Å². The number of rotatable bonds is 51. The molecular weight excluding hydrogens is 997 g/mol. The summed E-state index contributed by atoms with van der Waals surface area (Å²) in [4.78, 5) is 26.0. The minimum absolute atomic E-state index is 0.152. The van der Waals surface area contributed by atoms with E-state index in [-0.39, 0.29) is 26.1 Å². The van der Waals surface area contributed by atoms with E-state index in [1.54, 1.807) is 0 Å². The summed E-state index contributed by atoms with van der Waals surface area (Å²) >= 11 is 0. The van der Waals surface area contributed by atoms with E-state index in [1.165, 1.54) is 148 Å². The molecule has 15 nitrogen and oxygen atoms in total. The molecule has 0 spiro atoms. The van der Waals surface area contributed by atoms with E-state index < -0.39 is 92.7 Å². The first kappa shape index (κ1) is 71.8. The fourth-order valence-corrected chi connectivity index (χ4v) is 9.99. The Bertz CT molecular complexity index is 1490. The highest BCUT2D eigenvalue weighted by molar-refractivity contribution is 5.70. The Morgan fingerprint density at radius 2 is 0.769 bits per heavy atom. The molecule has 0 radical (unpaired) electrons. The van der Waals surface area contributed by atoms with Gasteiger partial charge in [-0.25, -0.2) is 0 Å². The highest BCUT2D eigenvalue weighted by Crippen LogP contribution is 2.27. The van der Waals surface area contributed by atoms with Crippen LogP contribution in [0.25, 0.3) is 0 Å². The third-order valence-electron chi connectivity index (χ3n) is 15.1. The van der Waals surface area contributed by atoms with Crippen LogP contribution in [-0.4, -0.2) is 142 Å². The molecule has 0 saturated carbocycles. The number of carbonyl (C=O) groups is 2. The van der Waals surface area contributed by atoms with Crippen LogP contribution in [0.5, 0.6) is 0 Å². The van der Waals surface area contributed by atoms with Gasteiger partial charge in [-0.2, -0.15) is 0 Å². The van der Waals surface area contributed by atoms with E-state index in [9.17, 15) is 45.3 Å². The molecule has 0 bridgehead atoms. The lowest BCUT2D eigenvalue weighted by Gasteiger charge is -2.42. The minimum Gasteiger partial charge on any atom is -0.462 e. The van der Waals surface area contributed by atoms with Crippen LogP contribution in [-0.2, 0) is 38.0 Å². The van der Waals surface area contributed by atoms with Gasteiger partial charge in [0.15, 0.2) is 18.7 Å². The minimum atomic E-state index is -1.77. The van der Waals surface area contributed by atoms with E-state index in [0.29, 0.717) is 12.8 Å². The predicted molar refractivity (Wildman–Crippen MR) is 307 cm³/mol. The van der Waals surface area contributed by atoms with E-state index in [1.807, 2.05) is 0 Å². The van der Waals surface area contributed by atoms with Crippen LogP contribution >= 0.6 is 0 Å². The average molecular weight is 1110 g/mol. The van der Waals surface area contributed by atoms with Crippen molar-refractivity contribution in [3.05, 3.63) is 36.5 Å². The number of aliphatic hydroxyl groups excluding tert-OH is 7. The zero-order valence-electron chi connectivity index (χ0n) is 48.9. The summed E-state index contributed by atoms with van der Waals surface area (Å²) in [6, 6.07) is 0. The SMILES string of the molecule is CCCCC/C=C\C/C=C\C/C=C\CCCCCCCCC(=O)OC(COC(=O)CCCCCCCCCCCCCCCCCCCCCCCCC)COC1OC(COC2OC(CO)C(O)C(O)C2O)C(O)C(O)C1O. The predicted octanol–water partition coefficient (Wildman–Crippen LogP) is 11.6. The highest BCUT2D eigenvalue weighted by atomic mass is 16.7. The molecule has 2 aliphatic rings. The fourth-order valence-electron chi connectivity index (χ4n) is 9.99. The Morgan fingerprint density at radius 1 is 0.410 bits per heavy atom. The van der Waals surface area contributed by atoms with Crippen molar-refractivity contribution in [1.82, 2.24) is 0 Å². The summed E-state index contributed by atoms with van der Waals surface area (Å²) < 4.78 is 33.8. The van der Waals surface area contributed by atoms with Crippen LogP contribution in [0, 0.1) is 0 Å². The second kappa shape index (κ2) is 49.3. The molecule has 2 aliphatic heterocycles. The molecule has 2 rings (SSSR count). The molecule has 2 saturated heterocycles. The molecule has 11 atom stereocenters. The Labute approximate surface area is 472 Å². The Morgan fingerprint density at radius 3 is 1.23 bits per heavy atom. The van der Waals surface area contributed by atoms with Gasteiger partial charge in [-0.3, -0.25) is 9.59 Å². The van der Waals surface area contributed by atoms with Gasteiger partial charge in [0.2, 0.25) is 0 Å². The van der Waals surface area contributed by atoms with Crippen molar-refractivity contribution in [2.24, 2.45) is 0 Å². The van der Waals surface area contributed by atoms with E-state index in [0.717, 1.165) is 70.6 Å². The molecule has 456 valence electrons. The van der Waals surface area contributed by atoms with Crippen LogP contribution in [0.3, 0.4) is 0 Å². The molecule has 2 heterocycles. The molecule has 7 N–H and O–H groups in total. The first-order chi connectivity index (χ1) is 38.0. The topological polar surface area (TPSA) is 231 Å². The largest absolute Gasteiger partial charge is 0.462 e. The summed E-state index contributed by atoms with van der Waals surface area (Å²) in [5, 5.41) is 72.4. The summed E-state index contributed by atoms with van der Waals surface area (Å²) in [6.07, 6.45) is 40.2. The molecule has 11 unspecified atom stereocenters. The van der Waals surface area contributed by atoms with Gasteiger partial charge in [0, 0.05) is 12.8 Å². The molecule has 2 fully saturated rings. The van der Waals surface area contributed by atoms with Gasteiger partial charge in [-0.15, -0.1) is 0 Å². The van der Waals surface area contributed by atoms with Gasteiger partial charge in [-0.1, -0.05) is 230 Å². The number of aliphatic hydroxyl groups is 7. The second-order valence-corrected chi connectivity index (χ2v) is 22.2. The molecular formula is C63H114O15. The first-order valence-electron chi connectivity index (χ1n) is 31.6. The second-order valence-electron chi connectivity index (χ2n) is 22.2. The van der Waals surface area contributed by atoms with Gasteiger partial charge >= 0.3 is 11.9 Å². The monoisotopic (exact) mass is 1110 g/mol. The van der Waals surface area contributed by atoms with Crippen LogP contribution in [0.2, 0.25) is 0 Å². The molecule has 0 amide bonds. The van der Waals surface area contributed by atoms with Crippen molar-refractivity contribution in [3.63, 3.8) is 0 Å². The maximum absolute atomic E-state index is 13.1. The smallest absolute Gasteiger partial charge is 0.306 e. The maximum atomic E-state index is 13.1. The lowest BCUT2D eigenvalue weighted by molar-refractivity contribution is -0.332. The Kier molecular flexibility index (Phi) is 45.4. The number of ether oxygens (including phenoxy) is 6. The van der Waals surface area contributed by atoms with Crippen molar-refractivity contribution < 1.29 is 73.8 Å². The molecule has 15 heteroatoms. The van der Waals surface area contributed by atoms with Gasteiger partial charge in [0.1, 0.15) is 55.4 Å². The highest BCUT2D eigenvalue weighted by Gasteiger charge is 2.47. The summed E-state index contributed by atoms with van der Waals surface area (Å²) in [6.45, 7) is 2.60. The third kappa shape index (κ3) is 35.5. The number of hydrogen-bond acceptors (Lipinski definition) is 15. The average Bonchev–Trinajstić information content (AvgIpc) is 3.43. The zero-order chi connectivity index (χ0) is 56.7. The fraction of sp³-hybridized carbons (Fsp3) is 0.873. The third-order valence-corrected chi connectivity index (χ3v) is 15.1. The lowest BCUT2D eigenvalue weighted by atomic mass is 9.98. The quantitative estimate of drug-likeness (QED) is 0.0171. The van der Waals surface area contributed by atoms with E-state index in [2.05, 4.69) is 50.3 Å². The lowest BCUT2D eigenvalue weighted by Crippen LogP contribution is -2.61. The number of carbonyl (C=O) groups excluding carboxylic acids is 2. The van der Waals surface area contributed by atoms with Crippen LogP contribution in [0.4, 0.5) is 0 Å². The number of hydrogen-bond donors (Lipinski definition) is 7. The standard InChI is InChI=1S/C63H114O15/c1-3-5-7-9-11-13-15-17-19-21-23-24-25-26-28-29-31-33-35-37-39-41-43-45-54(65)73-48-51(76-55(66)46-44-42-40-38-36-34-32-30-27-22-20-18-16-14-12-10-8-6-4-2)49-74-62-61(72)59(70)57(68)53(78-62)50-75-63-60(71)58(69)56(67)52(47-64)77-63/h12,14,18,20,27,30,51-53,56-64,67-72H,3-11,13,15-17,19,21-26,28-29,31-50H2,1-2H3/b14-12-,20-18-,30-27-. The first-order valence-corrected chi connectivity index (χ1v) is 31.6. The zero-order valence-corrected chi connectivity index (χ0v) is 48.9. The normalized spacial score (nSPS) is 24.2. The summed E-state index contributed by atoms with van der Waals surface area (Å²) in [5.41, 5.74) is 0. The molecule has 0 aromatic heterocycles. The maximum Gasteiger partial charge on any atom is 0.306 e. The Balaban J connectivity index is 1.71. The van der Waals surface area contributed by atoms with Crippen LogP contribution in [0.1, 0.15) is 258 Å². The van der Waals surface area contributed by atoms with E-state index in [4.69, 9.17) is 28.4 Å². The Hall–Kier alpha value is -2.28. The summed E-state index contributed by atoms with van der Waals surface area (Å²) in [5.74, 6) is -0.927. The number of esters is 2. The summed E-state index contributed by atoms with van der Waals surface area (Å²) in [7, 11) is 0. The molecule has 78 heavy (non-hydrogen) atoms. The van der Waals surface area contributed by atoms with Crippen molar-refractivity contribution in [2.75, 3.05) is 26.4 Å². The van der Waals surface area contributed by atoms with Crippen molar-refractivity contribution >= 4 is 11.9 Å². The van der Waals surface area contributed by atoms with Crippen molar-refractivity contribution in [3.8, 4) is 0 Å². The van der Waals surface area contributed by atoms with Crippen molar-refractivity contribution in [1.29, 1.82) is 0 Å². The number of unbranched alkanes of at least 4 members (excludes halogenated alkanes) is 31. The van der Waals surface area contributed by atoms with E-state index >= 15 is 0 Å². The number of allylic oxidation sites excluding steroid dienone is 6. The van der Waals surface area contributed by atoms with Crippen LogP contribution in [0.15, 0.2) is 36.5 Å². The molecule has 0 aliphatic carbocycles. The van der Waals surface area contributed by atoms with Gasteiger partial charge in [0.25, 0.3) is 0 Å². The molecule has 0 aromatic carbocycles.